The second-order valence-electron chi connectivity index (χ2n) is 7.81. The number of urea groups is 1. The van der Waals surface area contributed by atoms with Gasteiger partial charge in [0.1, 0.15) is 11.6 Å². The van der Waals surface area contributed by atoms with Gasteiger partial charge >= 0.3 is 6.03 Å². The Bertz CT molecular complexity index is 1160. The van der Waals surface area contributed by atoms with Crippen molar-refractivity contribution in [1.82, 2.24) is 20.4 Å². The van der Waals surface area contributed by atoms with Gasteiger partial charge in [-0.05, 0) is 62.2 Å². The topological polar surface area (TPSA) is 89.7 Å². The first kappa shape index (κ1) is 23.4. The van der Waals surface area contributed by atoms with Crippen molar-refractivity contribution < 1.29 is 23.2 Å². The van der Waals surface area contributed by atoms with Crippen molar-refractivity contribution in [3.8, 4) is 17.1 Å². The van der Waals surface area contributed by atoms with Gasteiger partial charge in [-0.3, -0.25) is 4.90 Å². The van der Waals surface area contributed by atoms with Crippen molar-refractivity contribution in [3.05, 3.63) is 71.5 Å². The number of ether oxygens (including phenoxy) is 2. The van der Waals surface area contributed by atoms with Crippen LogP contribution in [0.15, 0.2) is 58.8 Å². The van der Waals surface area contributed by atoms with Crippen LogP contribution >= 0.6 is 0 Å². The van der Waals surface area contributed by atoms with Gasteiger partial charge in [-0.25, -0.2) is 9.18 Å². The molecule has 3 aromatic rings. The van der Waals surface area contributed by atoms with Crippen LogP contribution in [0.1, 0.15) is 37.8 Å². The first-order chi connectivity index (χ1) is 16.5. The highest BCUT2D eigenvalue weighted by Gasteiger charge is 2.35. The summed E-state index contributed by atoms with van der Waals surface area (Å²) in [5.41, 5.74) is 2.83. The fourth-order valence-corrected chi connectivity index (χ4v) is 3.92. The summed E-state index contributed by atoms with van der Waals surface area (Å²) >= 11 is 0. The number of nitrogens with zero attached hydrogens (tertiary/aromatic N) is 3. The molecule has 0 fully saturated rings. The average Bonchev–Trinajstić information content (AvgIpc) is 3.32. The van der Waals surface area contributed by atoms with Gasteiger partial charge in [0.05, 0.1) is 18.2 Å². The highest BCUT2D eigenvalue weighted by atomic mass is 19.1. The lowest BCUT2D eigenvalue weighted by molar-refractivity contribution is 0.174. The quantitative estimate of drug-likeness (QED) is 0.455. The molecule has 1 atom stereocenters. The normalized spacial score (nSPS) is 16.1. The molecule has 2 aromatic carbocycles. The molecule has 34 heavy (non-hydrogen) atoms. The second-order valence-corrected chi connectivity index (χ2v) is 7.81. The van der Waals surface area contributed by atoms with E-state index in [9.17, 15) is 9.18 Å². The van der Waals surface area contributed by atoms with E-state index in [0.717, 1.165) is 11.3 Å². The van der Waals surface area contributed by atoms with Crippen LogP contribution in [0.25, 0.3) is 17.0 Å². The Balaban J connectivity index is 1.72. The van der Waals surface area contributed by atoms with Gasteiger partial charge < -0.3 is 19.3 Å². The Kier molecular flexibility index (Phi) is 7.22. The van der Waals surface area contributed by atoms with Crippen molar-refractivity contribution in [2.45, 2.75) is 26.3 Å². The largest absolute Gasteiger partial charge is 0.494 e. The summed E-state index contributed by atoms with van der Waals surface area (Å²) in [7, 11) is 1.62. The molecule has 2 amide bonds. The van der Waals surface area contributed by atoms with Crippen molar-refractivity contribution in [1.29, 1.82) is 0 Å². The van der Waals surface area contributed by atoms with Gasteiger partial charge in [0.2, 0.25) is 5.82 Å². The zero-order valence-electron chi connectivity index (χ0n) is 19.4. The molecule has 1 aromatic heterocycles. The number of hydrogen-bond acceptors (Lipinski definition) is 6. The fraction of sp³-hybridized carbons (Fsp3) is 0.320. The van der Waals surface area contributed by atoms with Crippen LogP contribution in [0.2, 0.25) is 0 Å². The molecule has 4 rings (SSSR count). The first-order valence-corrected chi connectivity index (χ1v) is 11.1. The number of methoxy groups -OCH3 is 1. The van der Waals surface area contributed by atoms with Gasteiger partial charge in [-0.15, -0.1) is 0 Å². The van der Waals surface area contributed by atoms with Gasteiger partial charge in [0.25, 0.3) is 5.89 Å². The van der Waals surface area contributed by atoms with Crippen LogP contribution in [0.5, 0.6) is 5.75 Å². The Morgan fingerprint density at radius 3 is 2.56 bits per heavy atom. The lowest BCUT2D eigenvalue weighted by Gasteiger charge is -2.35. The molecule has 2 heterocycles. The predicted molar refractivity (Wildman–Crippen MR) is 124 cm³/mol. The molecule has 1 aliphatic rings. The van der Waals surface area contributed by atoms with Crippen LogP contribution in [0.3, 0.4) is 0 Å². The molecule has 0 bridgehead atoms. The lowest BCUT2D eigenvalue weighted by Crippen LogP contribution is -2.46. The molecule has 178 valence electrons. The van der Waals surface area contributed by atoms with Crippen molar-refractivity contribution in [2.75, 3.05) is 26.9 Å². The number of hydrogen-bond donors (Lipinski definition) is 1. The number of carbonyl (C=O) groups is 1. The zero-order chi connectivity index (χ0) is 24.1. The van der Waals surface area contributed by atoms with E-state index in [1.165, 1.54) is 12.1 Å². The second kappa shape index (κ2) is 10.5. The van der Waals surface area contributed by atoms with E-state index in [4.69, 9.17) is 14.0 Å². The predicted octanol–water partition coefficient (Wildman–Crippen LogP) is 4.81. The molecule has 1 aliphatic heterocycles. The number of benzene rings is 2. The van der Waals surface area contributed by atoms with Crippen LogP contribution in [0, 0.1) is 5.82 Å². The molecule has 9 heteroatoms. The minimum absolute atomic E-state index is 0.252. The molecule has 1 N–H and O–H groups in total. The average molecular weight is 467 g/mol. The Hall–Kier alpha value is -3.72. The molecule has 0 aliphatic carbocycles. The lowest BCUT2D eigenvalue weighted by atomic mass is 9.94. The van der Waals surface area contributed by atoms with E-state index in [0.29, 0.717) is 48.8 Å². The van der Waals surface area contributed by atoms with Crippen molar-refractivity contribution in [3.63, 3.8) is 0 Å². The summed E-state index contributed by atoms with van der Waals surface area (Å²) in [4.78, 5) is 19.2. The van der Waals surface area contributed by atoms with Crippen LogP contribution in [-0.4, -0.2) is 47.9 Å². The minimum Gasteiger partial charge on any atom is -0.494 e. The smallest absolute Gasteiger partial charge is 0.322 e. The molecule has 1 unspecified atom stereocenters. The van der Waals surface area contributed by atoms with E-state index in [1.54, 1.807) is 24.1 Å². The number of nitrogens with one attached hydrogen (secondary N) is 1. The van der Waals surface area contributed by atoms with E-state index in [-0.39, 0.29) is 17.7 Å². The van der Waals surface area contributed by atoms with E-state index in [1.807, 2.05) is 38.1 Å². The maximum atomic E-state index is 13.6. The highest BCUT2D eigenvalue weighted by molar-refractivity contribution is 5.86. The number of allylic oxidation sites excluding steroid dienone is 1. The Labute approximate surface area is 197 Å². The third-order valence-electron chi connectivity index (χ3n) is 5.61. The standard InChI is InChI=1S/C25H27FN4O4/c1-4-33-20-12-8-18(9-13-20)23-28-24(34-29-23)21-16(2)30(14-5-15-32-3)25(31)27-22(21)17-6-10-19(26)11-7-17/h6-13,22H,4-5,14-15H2,1-3H3,(H,27,31). The third-order valence-corrected chi connectivity index (χ3v) is 5.61. The van der Waals surface area contributed by atoms with Crippen LogP contribution in [0.4, 0.5) is 9.18 Å². The highest BCUT2D eigenvalue weighted by Crippen LogP contribution is 2.37. The van der Waals surface area contributed by atoms with Gasteiger partial charge in [0.15, 0.2) is 0 Å². The zero-order valence-corrected chi connectivity index (χ0v) is 19.4. The molecular weight excluding hydrogens is 439 g/mol. The summed E-state index contributed by atoms with van der Waals surface area (Å²) in [5.74, 6) is 1.10. The van der Waals surface area contributed by atoms with Crippen LogP contribution in [-0.2, 0) is 4.74 Å². The van der Waals surface area contributed by atoms with Crippen molar-refractivity contribution >= 4 is 11.6 Å². The van der Waals surface area contributed by atoms with Gasteiger partial charge in [-0.1, -0.05) is 17.3 Å². The minimum atomic E-state index is -0.569. The summed E-state index contributed by atoms with van der Waals surface area (Å²) in [6, 6.07) is 12.6. The summed E-state index contributed by atoms with van der Waals surface area (Å²) in [6.45, 7) is 5.34. The number of aromatic nitrogens is 2. The molecule has 8 nitrogen and oxygen atoms in total. The van der Waals surface area contributed by atoms with Crippen LogP contribution < -0.4 is 10.1 Å². The Morgan fingerprint density at radius 1 is 1.15 bits per heavy atom. The fourth-order valence-electron chi connectivity index (χ4n) is 3.92. The monoisotopic (exact) mass is 466 g/mol. The molecule has 0 saturated heterocycles. The SMILES string of the molecule is CCOc1ccc(-c2noc(C3=C(C)N(CCCOC)C(=O)NC3c3ccc(F)cc3)n2)cc1. The molecule has 0 saturated carbocycles. The number of amides is 2. The van der Waals surface area contributed by atoms with E-state index >= 15 is 0 Å². The van der Waals surface area contributed by atoms with E-state index in [2.05, 4.69) is 15.5 Å². The summed E-state index contributed by atoms with van der Waals surface area (Å²) < 4.78 is 29.8. The van der Waals surface area contributed by atoms with Gasteiger partial charge in [0, 0.05) is 31.5 Å². The summed E-state index contributed by atoms with van der Waals surface area (Å²) in [6.07, 6.45) is 0.664. The van der Waals surface area contributed by atoms with E-state index < -0.39 is 6.04 Å². The number of halogens is 1. The molecule has 0 radical (unpaired) electrons. The van der Waals surface area contributed by atoms with Crippen molar-refractivity contribution in [2.24, 2.45) is 0 Å². The van der Waals surface area contributed by atoms with Gasteiger partial charge in [-0.2, -0.15) is 4.98 Å². The maximum absolute atomic E-state index is 13.6. The number of rotatable bonds is 9. The Morgan fingerprint density at radius 2 is 1.88 bits per heavy atom. The molecule has 0 spiro atoms. The number of carbonyl (C=O) groups excluding carboxylic acids is 1. The summed E-state index contributed by atoms with van der Waals surface area (Å²) in [5, 5.41) is 7.16. The first-order valence-electron chi connectivity index (χ1n) is 11.1. The third kappa shape index (κ3) is 4.94. The maximum Gasteiger partial charge on any atom is 0.322 e. The molecular formula is C25H27FN4O4.